The van der Waals surface area contributed by atoms with Gasteiger partial charge < -0.3 is 0 Å². The zero-order chi connectivity index (χ0) is 12.4. The molecule has 0 atom stereocenters. The van der Waals surface area contributed by atoms with Crippen LogP contribution in [0.3, 0.4) is 0 Å². The van der Waals surface area contributed by atoms with Gasteiger partial charge in [-0.05, 0) is 44.4 Å². The minimum Gasteiger partial charge on any atom is -0.201 e. The molecule has 0 bridgehead atoms. The quantitative estimate of drug-likeness (QED) is 0.692. The monoisotopic (exact) mass is 226 g/mol. The highest BCUT2D eigenvalue weighted by atomic mass is 14.9. The first kappa shape index (κ1) is 11.8. The standard InChI is InChI=1S/C16H20N/c1-12-5-7-17(8-6-12)11-16-14(3)9-13(2)10-15(16)4/h5-10H,11H2,1-4H3/q+1. The molecule has 0 unspecified atom stereocenters. The molecule has 2 aromatic rings. The van der Waals surface area contributed by atoms with Crippen LogP contribution in [-0.2, 0) is 6.54 Å². The lowest BCUT2D eigenvalue weighted by molar-refractivity contribution is -0.688. The molecule has 1 aromatic heterocycles. The zero-order valence-electron chi connectivity index (χ0n) is 11.1. The molecule has 0 saturated heterocycles. The third kappa shape index (κ3) is 2.73. The molecule has 1 heterocycles. The van der Waals surface area contributed by atoms with Crippen molar-refractivity contribution in [3.63, 3.8) is 0 Å². The van der Waals surface area contributed by atoms with Gasteiger partial charge >= 0.3 is 0 Å². The smallest absolute Gasteiger partial charge is 0.174 e. The van der Waals surface area contributed by atoms with E-state index in [4.69, 9.17) is 0 Å². The van der Waals surface area contributed by atoms with Gasteiger partial charge in [-0.3, -0.25) is 0 Å². The van der Waals surface area contributed by atoms with Gasteiger partial charge in [0.2, 0.25) is 0 Å². The maximum atomic E-state index is 2.26. The van der Waals surface area contributed by atoms with Crippen LogP contribution in [0.5, 0.6) is 0 Å². The predicted octanol–water partition coefficient (Wildman–Crippen LogP) is 3.26. The van der Waals surface area contributed by atoms with Crippen LogP contribution in [0.15, 0.2) is 36.7 Å². The van der Waals surface area contributed by atoms with Gasteiger partial charge in [-0.25, -0.2) is 4.57 Å². The van der Waals surface area contributed by atoms with Gasteiger partial charge in [0.05, 0.1) is 0 Å². The number of hydrogen-bond donors (Lipinski definition) is 0. The third-order valence-corrected chi connectivity index (χ3v) is 3.24. The van der Waals surface area contributed by atoms with E-state index in [1.54, 1.807) is 0 Å². The van der Waals surface area contributed by atoms with Gasteiger partial charge in [0.15, 0.2) is 18.9 Å². The lowest BCUT2D eigenvalue weighted by Gasteiger charge is -2.08. The van der Waals surface area contributed by atoms with Crippen molar-refractivity contribution in [3.05, 3.63) is 64.5 Å². The first-order chi connectivity index (χ1) is 8.06. The van der Waals surface area contributed by atoms with E-state index in [9.17, 15) is 0 Å². The van der Waals surface area contributed by atoms with Gasteiger partial charge in [-0.1, -0.05) is 17.7 Å². The molecule has 0 aliphatic carbocycles. The maximum Gasteiger partial charge on any atom is 0.174 e. The van der Waals surface area contributed by atoms with Gasteiger partial charge in [0, 0.05) is 17.7 Å². The fourth-order valence-electron chi connectivity index (χ4n) is 2.28. The third-order valence-electron chi connectivity index (χ3n) is 3.24. The van der Waals surface area contributed by atoms with Gasteiger partial charge in [-0.2, -0.15) is 0 Å². The van der Waals surface area contributed by atoms with Crippen LogP contribution >= 0.6 is 0 Å². The summed E-state index contributed by atoms with van der Waals surface area (Å²) in [4.78, 5) is 0. The Kier molecular flexibility index (Phi) is 3.28. The number of hydrogen-bond acceptors (Lipinski definition) is 0. The van der Waals surface area contributed by atoms with Gasteiger partial charge in [0.25, 0.3) is 0 Å². The Labute approximate surface area is 104 Å². The van der Waals surface area contributed by atoms with E-state index in [0.717, 1.165) is 6.54 Å². The van der Waals surface area contributed by atoms with Crippen LogP contribution in [0.4, 0.5) is 0 Å². The molecule has 0 aliphatic rings. The van der Waals surface area contributed by atoms with E-state index in [2.05, 4.69) is 68.9 Å². The Morgan fingerprint density at radius 2 is 1.35 bits per heavy atom. The second-order valence-electron chi connectivity index (χ2n) is 4.93. The summed E-state index contributed by atoms with van der Waals surface area (Å²) in [5.41, 5.74) is 6.85. The van der Waals surface area contributed by atoms with Crippen molar-refractivity contribution in [2.24, 2.45) is 0 Å². The van der Waals surface area contributed by atoms with E-state index < -0.39 is 0 Å². The van der Waals surface area contributed by atoms with E-state index in [1.165, 1.54) is 27.8 Å². The van der Waals surface area contributed by atoms with Crippen LogP contribution in [0.25, 0.3) is 0 Å². The summed E-state index contributed by atoms with van der Waals surface area (Å²) in [7, 11) is 0. The van der Waals surface area contributed by atoms with Crippen molar-refractivity contribution in [2.75, 3.05) is 0 Å². The molecule has 1 aromatic carbocycles. The molecule has 2 rings (SSSR count). The molecule has 88 valence electrons. The average Bonchev–Trinajstić information content (AvgIpc) is 2.26. The fourth-order valence-corrected chi connectivity index (χ4v) is 2.28. The maximum absolute atomic E-state index is 2.26. The molecule has 0 fully saturated rings. The second-order valence-corrected chi connectivity index (χ2v) is 4.93. The summed E-state index contributed by atoms with van der Waals surface area (Å²) in [6, 6.07) is 8.83. The number of rotatable bonds is 2. The number of pyridine rings is 1. The highest BCUT2D eigenvalue weighted by Gasteiger charge is 2.08. The molecule has 0 radical (unpaired) electrons. The van der Waals surface area contributed by atoms with E-state index in [-0.39, 0.29) is 0 Å². The fraction of sp³-hybridized carbons (Fsp3) is 0.312. The molecule has 0 saturated carbocycles. The molecule has 1 heteroatoms. The van der Waals surface area contributed by atoms with Crippen molar-refractivity contribution in [1.29, 1.82) is 0 Å². The molecular weight excluding hydrogens is 206 g/mol. The molecule has 0 spiro atoms. The summed E-state index contributed by atoms with van der Waals surface area (Å²) in [5, 5.41) is 0. The van der Waals surface area contributed by atoms with E-state index in [1.807, 2.05) is 0 Å². The highest BCUT2D eigenvalue weighted by Crippen LogP contribution is 2.15. The number of aromatic nitrogens is 1. The summed E-state index contributed by atoms with van der Waals surface area (Å²) >= 11 is 0. The van der Waals surface area contributed by atoms with Crippen LogP contribution in [-0.4, -0.2) is 0 Å². The Bertz CT molecular complexity index is 501. The summed E-state index contributed by atoms with van der Waals surface area (Å²) in [5.74, 6) is 0. The van der Waals surface area contributed by atoms with Gasteiger partial charge in [-0.15, -0.1) is 0 Å². The topological polar surface area (TPSA) is 3.88 Å². The number of benzene rings is 1. The Hall–Kier alpha value is -1.63. The largest absolute Gasteiger partial charge is 0.201 e. The summed E-state index contributed by atoms with van der Waals surface area (Å²) in [6.07, 6.45) is 4.29. The van der Waals surface area contributed by atoms with Crippen LogP contribution in [0, 0.1) is 27.7 Å². The lowest BCUT2D eigenvalue weighted by Crippen LogP contribution is -2.33. The zero-order valence-corrected chi connectivity index (χ0v) is 11.1. The van der Waals surface area contributed by atoms with Crippen molar-refractivity contribution in [2.45, 2.75) is 34.2 Å². The molecule has 0 amide bonds. The minimum absolute atomic E-state index is 0.957. The van der Waals surface area contributed by atoms with Crippen molar-refractivity contribution in [1.82, 2.24) is 0 Å². The van der Waals surface area contributed by atoms with E-state index in [0.29, 0.717) is 0 Å². The number of nitrogens with zero attached hydrogens (tertiary/aromatic N) is 1. The highest BCUT2D eigenvalue weighted by molar-refractivity contribution is 5.36. The molecular formula is C16H20N+. The van der Waals surface area contributed by atoms with E-state index >= 15 is 0 Å². The van der Waals surface area contributed by atoms with Gasteiger partial charge in [0.1, 0.15) is 0 Å². The molecule has 0 aliphatic heterocycles. The molecule has 17 heavy (non-hydrogen) atoms. The first-order valence-electron chi connectivity index (χ1n) is 6.08. The Morgan fingerprint density at radius 1 is 0.824 bits per heavy atom. The summed E-state index contributed by atoms with van der Waals surface area (Å²) < 4.78 is 2.23. The summed E-state index contributed by atoms with van der Waals surface area (Å²) in [6.45, 7) is 9.63. The Morgan fingerprint density at radius 3 is 1.88 bits per heavy atom. The first-order valence-corrected chi connectivity index (χ1v) is 6.08. The predicted molar refractivity (Wildman–Crippen MR) is 71.1 cm³/mol. The minimum atomic E-state index is 0.957. The van der Waals surface area contributed by atoms with Crippen molar-refractivity contribution < 1.29 is 4.57 Å². The van der Waals surface area contributed by atoms with Crippen LogP contribution < -0.4 is 4.57 Å². The average molecular weight is 226 g/mol. The lowest BCUT2D eigenvalue weighted by atomic mass is 10.00. The molecule has 0 N–H and O–H groups in total. The Balaban J connectivity index is 2.33. The SMILES string of the molecule is Cc1cc[n+](Cc2c(C)cc(C)cc2C)cc1. The molecule has 1 nitrogen and oxygen atoms in total. The van der Waals surface area contributed by atoms with Crippen LogP contribution in [0.1, 0.15) is 27.8 Å². The normalized spacial score (nSPS) is 10.6. The van der Waals surface area contributed by atoms with Crippen molar-refractivity contribution in [3.8, 4) is 0 Å². The van der Waals surface area contributed by atoms with Crippen LogP contribution in [0.2, 0.25) is 0 Å². The van der Waals surface area contributed by atoms with Crippen molar-refractivity contribution >= 4 is 0 Å². The number of aryl methyl sites for hydroxylation is 4. The second kappa shape index (κ2) is 4.70.